The lowest BCUT2D eigenvalue weighted by molar-refractivity contribution is -0.144. The third kappa shape index (κ3) is 4.64. The maximum Gasteiger partial charge on any atom is 0.451 e. The first-order valence-corrected chi connectivity index (χ1v) is 9.80. The van der Waals surface area contributed by atoms with Crippen LogP contribution in [0.2, 0.25) is 11.3 Å². The zero-order valence-electron chi connectivity index (χ0n) is 15.3. The van der Waals surface area contributed by atoms with Crippen molar-refractivity contribution in [1.29, 1.82) is 0 Å². The number of rotatable bonds is 7. The van der Waals surface area contributed by atoms with Crippen LogP contribution < -0.4 is 11.1 Å². The zero-order chi connectivity index (χ0) is 19.6. The number of likely N-dealkylation sites (tertiary alicyclic amines) is 1. The van der Waals surface area contributed by atoms with E-state index in [1.54, 1.807) is 0 Å². The van der Waals surface area contributed by atoms with E-state index in [0.717, 1.165) is 13.0 Å². The van der Waals surface area contributed by atoms with Crippen molar-refractivity contribution in [3.05, 3.63) is 34.3 Å². The fourth-order valence-corrected chi connectivity index (χ4v) is 4.53. The summed E-state index contributed by atoms with van der Waals surface area (Å²) < 4.78 is 0. The van der Waals surface area contributed by atoms with Crippen LogP contribution >= 0.6 is 11.6 Å². The molecule has 1 unspecified atom stereocenters. The first-order chi connectivity index (χ1) is 12.8. The van der Waals surface area contributed by atoms with Gasteiger partial charge in [-0.3, -0.25) is 9.69 Å². The Morgan fingerprint density at radius 3 is 2.93 bits per heavy atom. The molecule has 0 aliphatic carbocycles. The van der Waals surface area contributed by atoms with Gasteiger partial charge in [-0.1, -0.05) is 24.1 Å². The largest absolute Gasteiger partial charge is 0.480 e. The highest BCUT2D eigenvalue weighted by Gasteiger charge is 2.49. The molecule has 0 aromatic heterocycles. The van der Waals surface area contributed by atoms with Crippen LogP contribution in [0, 0.1) is 5.92 Å². The van der Waals surface area contributed by atoms with Crippen molar-refractivity contribution in [2.24, 2.45) is 11.7 Å². The molecule has 148 valence electrons. The Bertz CT molecular complexity index is 693. The number of fused-ring (bicyclic) bond motifs is 1. The first kappa shape index (κ1) is 20.6. The number of nitrogens with zero attached hydrogens (tertiary/aromatic N) is 1. The van der Waals surface area contributed by atoms with E-state index in [-0.39, 0.29) is 24.8 Å². The summed E-state index contributed by atoms with van der Waals surface area (Å²) in [6.07, 6.45) is 2.26. The average Bonchev–Trinajstić information content (AvgIpc) is 2.92. The molecule has 7 nitrogen and oxygen atoms in total. The van der Waals surface area contributed by atoms with Crippen molar-refractivity contribution in [2.75, 3.05) is 26.2 Å². The van der Waals surface area contributed by atoms with Crippen molar-refractivity contribution in [3.63, 3.8) is 0 Å². The third-order valence-electron chi connectivity index (χ3n) is 5.81. The minimum absolute atomic E-state index is 0.0866. The lowest BCUT2D eigenvalue weighted by Crippen LogP contribution is -2.55. The van der Waals surface area contributed by atoms with Crippen LogP contribution in [-0.4, -0.2) is 64.9 Å². The molecule has 0 spiro atoms. The maximum absolute atomic E-state index is 11.8. The van der Waals surface area contributed by atoms with Crippen molar-refractivity contribution < 1.29 is 19.9 Å². The van der Waals surface area contributed by atoms with Crippen LogP contribution in [0.5, 0.6) is 0 Å². The van der Waals surface area contributed by atoms with Crippen molar-refractivity contribution in [2.45, 2.75) is 37.2 Å². The molecule has 1 aromatic rings. The van der Waals surface area contributed by atoms with E-state index in [9.17, 15) is 9.90 Å². The Labute approximate surface area is 164 Å². The summed E-state index contributed by atoms with van der Waals surface area (Å²) in [7, 11) is -1.37. The molecule has 1 fully saturated rings. The van der Waals surface area contributed by atoms with Crippen LogP contribution in [0.4, 0.5) is 0 Å². The normalized spacial score (nSPS) is 28.1. The van der Waals surface area contributed by atoms with Gasteiger partial charge in [0.25, 0.3) is 0 Å². The fourth-order valence-electron chi connectivity index (χ4n) is 4.35. The van der Waals surface area contributed by atoms with Gasteiger partial charge in [0.1, 0.15) is 5.54 Å². The molecule has 1 aromatic carbocycles. The number of carboxylic acid groups (broad SMARTS) is 1. The summed E-state index contributed by atoms with van der Waals surface area (Å²) in [6, 6.07) is 6.03. The molecule has 2 heterocycles. The molecule has 2 aliphatic heterocycles. The monoisotopic (exact) mass is 395 g/mol. The standard InChI is InChI=1S/C18H27BClN3O4/c20-14-4-3-12-5-7-22-16(15(12)8-14)10-23-9-13(2-1-6-19(26)27)18(21,11-23)17(24)25/h3-4,8,13,16,22,26-27H,1-2,5-7,9-11,21H2,(H,24,25)/t13-,16?,18-/m0/s1. The summed E-state index contributed by atoms with van der Waals surface area (Å²) in [5.74, 6) is -1.23. The van der Waals surface area contributed by atoms with Gasteiger partial charge in [0.05, 0.1) is 0 Å². The van der Waals surface area contributed by atoms with Gasteiger partial charge in [-0.15, -0.1) is 0 Å². The first-order valence-electron chi connectivity index (χ1n) is 9.42. The molecule has 0 bridgehead atoms. The lowest BCUT2D eigenvalue weighted by atomic mass is 9.78. The molecule has 0 radical (unpaired) electrons. The van der Waals surface area contributed by atoms with E-state index in [2.05, 4.69) is 16.3 Å². The van der Waals surface area contributed by atoms with E-state index in [4.69, 9.17) is 27.4 Å². The summed E-state index contributed by atoms with van der Waals surface area (Å²) in [5, 5.41) is 31.9. The van der Waals surface area contributed by atoms with Gasteiger partial charge < -0.3 is 26.2 Å². The van der Waals surface area contributed by atoms with Crippen LogP contribution in [0.25, 0.3) is 0 Å². The predicted octanol–water partition coefficient (Wildman–Crippen LogP) is 0.494. The molecule has 1 saturated heterocycles. The summed E-state index contributed by atoms with van der Waals surface area (Å²) >= 11 is 6.17. The van der Waals surface area contributed by atoms with Gasteiger partial charge in [-0.05, 0) is 49.0 Å². The molecule has 2 aliphatic rings. The van der Waals surface area contributed by atoms with Gasteiger partial charge in [-0.2, -0.15) is 0 Å². The van der Waals surface area contributed by atoms with Gasteiger partial charge in [0.15, 0.2) is 0 Å². The maximum atomic E-state index is 11.8. The van der Waals surface area contributed by atoms with E-state index < -0.39 is 18.6 Å². The molecule has 0 amide bonds. The number of carbonyl (C=O) groups is 1. The Morgan fingerprint density at radius 1 is 1.44 bits per heavy atom. The van der Waals surface area contributed by atoms with Crippen molar-refractivity contribution >= 4 is 24.7 Å². The fraction of sp³-hybridized carbons (Fsp3) is 0.611. The topological polar surface area (TPSA) is 119 Å². The molecule has 6 N–H and O–H groups in total. The predicted molar refractivity (Wildman–Crippen MR) is 105 cm³/mol. The van der Waals surface area contributed by atoms with Gasteiger partial charge in [0.2, 0.25) is 0 Å². The summed E-state index contributed by atoms with van der Waals surface area (Å²) in [5.41, 5.74) is 7.39. The number of nitrogens with two attached hydrogens (primary N) is 1. The molecule has 0 saturated carbocycles. The number of carboxylic acids is 1. The van der Waals surface area contributed by atoms with Gasteiger partial charge in [-0.25, -0.2) is 0 Å². The van der Waals surface area contributed by atoms with Crippen LogP contribution in [0.15, 0.2) is 18.2 Å². The second-order valence-corrected chi connectivity index (χ2v) is 8.18. The SMILES string of the molecule is N[C@@]1(C(=O)O)CN(CC2NCCc3ccc(Cl)cc32)C[C@@H]1CCCB(O)O. The van der Waals surface area contributed by atoms with Crippen molar-refractivity contribution in [3.8, 4) is 0 Å². The summed E-state index contributed by atoms with van der Waals surface area (Å²) in [6.45, 7) is 2.40. The molecule has 3 rings (SSSR count). The Balaban J connectivity index is 1.70. The molecule has 9 heteroatoms. The van der Waals surface area contributed by atoms with E-state index in [0.29, 0.717) is 31.0 Å². The minimum atomic E-state index is -1.37. The van der Waals surface area contributed by atoms with E-state index in [1.165, 1.54) is 11.1 Å². The molecular weight excluding hydrogens is 368 g/mol. The third-order valence-corrected chi connectivity index (χ3v) is 6.05. The molecule has 3 atom stereocenters. The Kier molecular flexibility index (Phi) is 6.45. The molecular formula is C18H27BClN3O4. The Morgan fingerprint density at radius 2 is 2.22 bits per heavy atom. The Hall–Kier alpha value is -1.16. The number of hydrogen-bond acceptors (Lipinski definition) is 6. The molecule has 27 heavy (non-hydrogen) atoms. The lowest BCUT2D eigenvalue weighted by Gasteiger charge is -2.31. The van der Waals surface area contributed by atoms with Gasteiger partial charge >= 0.3 is 13.1 Å². The number of hydrogen-bond donors (Lipinski definition) is 5. The van der Waals surface area contributed by atoms with Crippen LogP contribution in [0.3, 0.4) is 0 Å². The van der Waals surface area contributed by atoms with Gasteiger partial charge in [0, 0.05) is 36.6 Å². The highest BCUT2D eigenvalue weighted by Crippen LogP contribution is 2.33. The smallest absolute Gasteiger partial charge is 0.451 e. The highest BCUT2D eigenvalue weighted by atomic mass is 35.5. The number of benzene rings is 1. The average molecular weight is 396 g/mol. The second kappa shape index (κ2) is 8.47. The number of aliphatic carboxylic acids is 1. The number of nitrogens with one attached hydrogen (secondary N) is 1. The minimum Gasteiger partial charge on any atom is -0.480 e. The number of halogens is 1. The zero-order valence-corrected chi connectivity index (χ0v) is 16.0. The highest BCUT2D eigenvalue weighted by molar-refractivity contribution is 6.40. The van der Waals surface area contributed by atoms with Crippen molar-refractivity contribution in [1.82, 2.24) is 10.2 Å². The van der Waals surface area contributed by atoms with E-state index >= 15 is 0 Å². The van der Waals surface area contributed by atoms with Crippen LogP contribution in [-0.2, 0) is 11.2 Å². The van der Waals surface area contributed by atoms with E-state index in [1.807, 2.05) is 12.1 Å². The quantitative estimate of drug-likeness (QED) is 0.426. The second-order valence-electron chi connectivity index (χ2n) is 7.75. The van der Waals surface area contributed by atoms with Crippen LogP contribution in [0.1, 0.15) is 30.0 Å². The summed E-state index contributed by atoms with van der Waals surface area (Å²) in [4.78, 5) is 13.9.